The molecule has 6 nitrogen and oxygen atoms in total. The molecule has 20 heavy (non-hydrogen) atoms. The van der Waals surface area contributed by atoms with Gasteiger partial charge in [-0.15, -0.1) is 0 Å². The maximum atomic E-state index is 10.8. The molecule has 2 N–H and O–H groups in total. The number of hydrogen-bond donors (Lipinski definition) is 2. The maximum absolute atomic E-state index is 10.8. The number of H-pyrrole nitrogens is 1. The lowest BCUT2D eigenvalue weighted by Gasteiger charge is -2.09. The standard InChI is InChI=1S/C14H11N3O3/c18-14(9-3-5-15-6-4-9)12-8-16-13-2-1-10(17(19)20)7-11(12)13/h1-8,14,16,18H. The van der Waals surface area contributed by atoms with Crippen LogP contribution in [0.1, 0.15) is 17.2 Å². The second-order valence-corrected chi connectivity index (χ2v) is 4.41. The van der Waals surface area contributed by atoms with Crippen LogP contribution < -0.4 is 0 Å². The van der Waals surface area contributed by atoms with E-state index in [4.69, 9.17) is 0 Å². The number of aliphatic hydroxyl groups is 1. The summed E-state index contributed by atoms with van der Waals surface area (Å²) in [5.74, 6) is 0. The molecule has 0 aliphatic heterocycles. The molecule has 3 aromatic rings. The average molecular weight is 269 g/mol. The van der Waals surface area contributed by atoms with Crippen LogP contribution >= 0.6 is 0 Å². The summed E-state index contributed by atoms with van der Waals surface area (Å²) in [5.41, 5.74) is 2.04. The number of aromatic nitrogens is 2. The highest BCUT2D eigenvalue weighted by atomic mass is 16.6. The number of benzene rings is 1. The van der Waals surface area contributed by atoms with Crippen molar-refractivity contribution in [2.75, 3.05) is 0 Å². The molecule has 0 amide bonds. The third-order valence-corrected chi connectivity index (χ3v) is 3.22. The summed E-state index contributed by atoms with van der Waals surface area (Å²) in [5, 5.41) is 21.9. The monoisotopic (exact) mass is 269 g/mol. The smallest absolute Gasteiger partial charge is 0.270 e. The normalized spacial score (nSPS) is 12.4. The first-order valence-electron chi connectivity index (χ1n) is 6.00. The van der Waals surface area contributed by atoms with E-state index >= 15 is 0 Å². The van der Waals surface area contributed by atoms with Crippen LogP contribution in [0.25, 0.3) is 10.9 Å². The highest BCUT2D eigenvalue weighted by Crippen LogP contribution is 2.30. The Balaban J connectivity index is 2.12. The van der Waals surface area contributed by atoms with E-state index in [1.54, 1.807) is 36.8 Å². The fourth-order valence-electron chi connectivity index (χ4n) is 2.20. The number of nitrogens with one attached hydrogen (secondary N) is 1. The van der Waals surface area contributed by atoms with E-state index in [0.717, 1.165) is 5.52 Å². The number of nitrogens with zero attached hydrogens (tertiary/aromatic N) is 2. The van der Waals surface area contributed by atoms with Gasteiger partial charge in [0.2, 0.25) is 0 Å². The van der Waals surface area contributed by atoms with Crippen molar-refractivity contribution in [3.63, 3.8) is 0 Å². The molecule has 6 heteroatoms. The minimum absolute atomic E-state index is 0.000258. The van der Waals surface area contributed by atoms with Gasteiger partial charge in [-0.1, -0.05) is 0 Å². The highest BCUT2D eigenvalue weighted by Gasteiger charge is 2.17. The molecular formula is C14H11N3O3. The molecule has 0 aliphatic carbocycles. The molecule has 0 radical (unpaired) electrons. The number of aliphatic hydroxyl groups excluding tert-OH is 1. The Labute approximate surface area is 113 Å². The van der Waals surface area contributed by atoms with Crippen molar-refractivity contribution in [3.05, 3.63) is 70.2 Å². The van der Waals surface area contributed by atoms with Crippen molar-refractivity contribution in [3.8, 4) is 0 Å². The van der Waals surface area contributed by atoms with Crippen molar-refractivity contribution in [2.45, 2.75) is 6.10 Å². The van der Waals surface area contributed by atoms with Crippen LogP contribution in [0.3, 0.4) is 0 Å². The number of non-ortho nitro benzene ring substituents is 1. The predicted molar refractivity (Wildman–Crippen MR) is 73.3 cm³/mol. The van der Waals surface area contributed by atoms with Crippen LogP contribution in [0.4, 0.5) is 5.69 Å². The van der Waals surface area contributed by atoms with E-state index in [0.29, 0.717) is 16.5 Å². The van der Waals surface area contributed by atoms with Gasteiger partial charge in [0.25, 0.3) is 5.69 Å². The average Bonchev–Trinajstić information content (AvgIpc) is 2.90. The number of pyridine rings is 1. The zero-order valence-corrected chi connectivity index (χ0v) is 10.4. The van der Waals surface area contributed by atoms with E-state index in [9.17, 15) is 15.2 Å². The van der Waals surface area contributed by atoms with Gasteiger partial charge in [-0.25, -0.2) is 0 Å². The summed E-state index contributed by atoms with van der Waals surface area (Å²) >= 11 is 0. The molecule has 0 saturated heterocycles. The fraction of sp³-hybridized carbons (Fsp3) is 0.0714. The Morgan fingerprint density at radius 2 is 2.00 bits per heavy atom. The van der Waals surface area contributed by atoms with Gasteiger partial charge >= 0.3 is 0 Å². The molecule has 1 aromatic carbocycles. The van der Waals surface area contributed by atoms with E-state index < -0.39 is 11.0 Å². The van der Waals surface area contributed by atoms with Crippen LogP contribution in [0.5, 0.6) is 0 Å². The van der Waals surface area contributed by atoms with Gasteiger partial charge in [0, 0.05) is 47.2 Å². The van der Waals surface area contributed by atoms with Crippen molar-refractivity contribution in [1.29, 1.82) is 0 Å². The number of rotatable bonds is 3. The van der Waals surface area contributed by atoms with Gasteiger partial charge in [-0.05, 0) is 23.8 Å². The molecule has 0 fully saturated rings. The molecule has 1 atom stereocenters. The molecule has 3 rings (SSSR count). The van der Waals surface area contributed by atoms with E-state index in [1.165, 1.54) is 12.1 Å². The van der Waals surface area contributed by atoms with Crippen molar-refractivity contribution < 1.29 is 10.0 Å². The Hall–Kier alpha value is -2.73. The molecule has 0 spiro atoms. The topological polar surface area (TPSA) is 92.0 Å². The molecule has 100 valence electrons. The fourth-order valence-corrected chi connectivity index (χ4v) is 2.20. The first-order chi connectivity index (χ1) is 9.66. The SMILES string of the molecule is O=[N+]([O-])c1ccc2[nH]cc(C(O)c3ccncc3)c2c1. The highest BCUT2D eigenvalue weighted by molar-refractivity contribution is 5.86. The lowest BCUT2D eigenvalue weighted by atomic mass is 10.0. The lowest BCUT2D eigenvalue weighted by Crippen LogP contribution is -1.98. The zero-order valence-electron chi connectivity index (χ0n) is 10.4. The van der Waals surface area contributed by atoms with Gasteiger partial charge < -0.3 is 10.1 Å². The Bertz CT molecular complexity index is 768. The van der Waals surface area contributed by atoms with Crippen LogP contribution in [-0.4, -0.2) is 20.0 Å². The molecule has 0 bridgehead atoms. The molecule has 0 saturated carbocycles. The van der Waals surface area contributed by atoms with Gasteiger partial charge in [-0.3, -0.25) is 15.1 Å². The molecule has 2 heterocycles. The van der Waals surface area contributed by atoms with Crippen molar-refractivity contribution >= 4 is 16.6 Å². The Morgan fingerprint density at radius 1 is 1.25 bits per heavy atom. The number of hydrogen-bond acceptors (Lipinski definition) is 4. The lowest BCUT2D eigenvalue weighted by molar-refractivity contribution is -0.384. The first kappa shape index (κ1) is 12.3. The summed E-state index contributed by atoms with van der Waals surface area (Å²) in [4.78, 5) is 17.3. The van der Waals surface area contributed by atoms with E-state index in [1.807, 2.05) is 0 Å². The summed E-state index contributed by atoms with van der Waals surface area (Å²) in [6.07, 6.45) is 4.00. The number of nitro groups is 1. The second-order valence-electron chi connectivity index (χ2n) is 4.41. The van der Waals surface area contributed by atoms with E-state index in [-0.39, 0.29) is 5.69 Å². The third-order valence-electron chi connectivity index (χ3n) is 3.22. The molecule has 0 aliphatic rings. The number of fused-ring (bicyclic) bond motifs is 1. The van der Waals surface area contributed by atoms with Crippen molar-refractivity contribution in [2.24, 2.45) is 0 Å². The molecule has 2 aromatic heterocycles. The molecular weight excluding hydrogens is 258 g/mol. The first-order valence-corrected chi connectivity index (χ1v) is 6.00. The number of nitro benzene ring substituents is 1. The Kier molecular flexibility index (Phi) is 2.92. The van der Waals surface area contributed by atoms with Crippen molar-refractivity contribution in [1.82, 2.24) is 9.97 Å². The quantitative estimate of drug-likeness (QED) is 0.564. The number of aromatic amines is 1. The van der Waals surface area contributed by atoms with Gasteiger partial charge in [0.1, 0.15) is 6.10 Å². The minimum Gasteiger partial charge on any atom is -0.384 e. The minimum atomic E-state index is -0.853. The van der Waals surface area contributed by atoms with Gasteiger partial charge in [0.15, 0.2) is 0 Å². The summed E-state index contributed by atoms with van der Waals surface area (Å²) in [6.45, 7) is 0. The molecule has 1 unspecified atom stereocenters. The maximum Gasteiger partial charge on any atom is 0.270 e. The van der Waals surface area contributed by atoms with Crippen LogP contribution in [0, 0.1) is 10.1 Å². The van der Waals surface area contributed by atoms with Crippen LogP contribution in [0.2, 0.25) is 0 Å². The largest absolute Gasteiger partial charge is 0.384 e. The van der Waals surface area contributed by atoms with Crippen LogP contribution in [0.15, 0.2) is 48.9 Å². The summed E-state index contributed by atoms with van der Waals surface area (Å²) in [6, 6.07) is 7.95. The zero-order chi connectivity index (χ0) is 14.1. The van der Waals surface area contributed by atoms with Crippen LogP contribution in [-0.2, 0) is 0 Å². The predicted octanol–water partition coefficient (Wildman–Crippen LogP) is 2.55. The Morgan fingerprint density at radius 3 is 2.70 bits per heavy atom. The second kappa shape index (κ2) is 4.75. The summed E-state index contributed by atoms with van der Waals surface area (Å²) in [7, 11) is 0. The van der Waals surface area contributed by atoms with Gasteiger partial charge in [-0.2, -0.15) is 0 Å². The third kappa shape index (κ3) is 2.02. The van der Waals surface area contributed by atoms with Gasteiger partial charge in [0.05, 0.1) is 4.92 Å². The summed E-state index contributed by atoms with van der Waals surface area (Å²) < 4.78 is 0. The van der Waals surface area contributed by atoms with E-state index in [2.05, 4.69) is 9.97 Å².